The molecule has 0 aliphatic heterocycles. The van der Waals surface area contributed by atoms with Crippen LogP contribution in [0.5, 0.6) is 0 Å². The van der Waals surface area contributed by atoms with E-state index in [1.807, 2.05) is 31.2 Å². The predicted octanol–water partition coefficient (Wildman–Crippen LogP) is 3.06. The standard InChI is InChI=1S/C14H12FN3/c1-9-3-2-4-11(5-9)18-14-7-10(16)6-13(15)12(14)8-17-18/h2-8H,16H2,1H3. The van der Waals surface area contributed by atoms with Gasteiger partial charge in [-0.25, -0.2) is 9.07 Å². The van der Waals surface area contributed by atoms with Crippen LogP contribution in [0.15, 0.2) is 42.6 Å². The molecule has 1 heterocycles. The van der Waals surface area contributed by atoms with E-state index in [1.165, 1.54) is 12.3 Å². The Morgan fingerprint density at radius 2 is 2.06 bits per heavy atom. The van der Waals surface area contributed by atoms with Crippen LogP contribution in [0.1, 0.15) is 5.56 Å². The third kappa shape index (κ3) is 1.62. The molecule has 0 fully saturated rings. The van der Waals surface area contributed by atoms with Gasteiger partial charge in [0.25, 0.3) is 0 Å². The molecular formula is C14H12FN3. The van der Waals surface area contributed by atoms with E-state index in [2.05, 4.69) is 5.10 Å². The lowest BCUT2D eigenvalue weighted by Gasteiger charge is -2.05. The molecule has 3 aromatic rings. The molecule has 0 atom stereocenters. The number of nitrogens with two attached hydrogens (primary N) is 1. The molecule has 0 aliphatic carbocycles. The second kappa shape index (κ2) is 3.84. The number of hydrogen-bond donors (Lipinski definition) is 1. The van der Waals surface area contributed by atoms with Crippen molar-refractivity contribution in [1.29, 1.82) is 0 Å². The molecule has 3 rings (SSSR count). The first-order valence-corrected chi connectivity index (χ1v) is 5.65. The minimum atomic E-state index is -0.344. The summed E-state index contributed by atoms with van der Waals surface area (Å²) in [5, 5.41) is 4.71. The summed E-state index contributed by atoms with van der Waals surface area (Å²) in [4.78, 5) is 0. The second-order valence-corrected chi connectivity index (χ2v) is 4.33. The molecule has 0 aliphatic rings. The topological polar surface area (TPSA) is 43.8 Å². The van der Waals surface area contributed by atoms with Crippen molar-refractivity contribution < 1.29 is 4.39 Å². The first kappa shape index (κ1) is 10.8. The number of hydrogen-bond acceptors (Lipinski definition) is 2. The summed E-state index contributed by atoms with van der Waals surface area (Å²) in [6.45, 7) is 2.00. The second-order valence-electron chi connectivity index (χ2n) is 4.33. The molecule has 90 valence electrons. The molecule has 2 N–H and O–H groups in total. The molecule has 0 saturated carbocycles. The number of rotatable bonds is 1. The molecule has 0 saturated heterocycles. The molecule has 0 spiro atoms. The van der Waals surface area contributed by atoms with Gasteiger partial charge in [-0.2, -0.15) is 5.10 Å². The van der Waals surface area contributed by atoms with E-state index in [1.54, 1.807) is 10.7 Å². The number of anilines is 1. The molecular weight excluding hydrogens is 229 g/mol. The molecule has 3 nitrogen and oxygen atoms in total. The van der Waals surface area contributed by atoms with Gasteiger partial charge >= 0.3 is 0 Å². The number of nitrogen functional groups attached to an aromatic ring is 1. The Kier molecular flexibility index (Phi) is 2.30. The summed E-state index contributed by atoms with van der Waals surface area (Å²) >= 11 is 0. The maximum Gasteiger partial charge on any atom is 0.136 e. The van der Waals surface area contributed by atoms with Crippen molar-refractivity contribution in [3.63, 3.8) is 0 Å². The molecule has 0 amide bonds. The zero-order chi connectivity index (χ0) is 12.7. The van der Waals surface area contributed by atoms with Crippen molar-refractivity contribution in [3.8, 4) is 5.69 Å². The van der Waals surface area contributed by atoms with E-state index in [-0.39, 0.29) is 5.82 Å². The molecule has 18 heavy (non-hydrogen) atoms. The quantitative estimate of drug-likeness (QED) is 0.665. The van der Waals surface area contributed by atoms with Gasteiger partial charge < -0.3 is 5.73 Å². The highest BCUT2D eigenvalue weighted by Crippen LogP contribution is 2.24. The zero-order valence-electron chi connectivity index (χ0n) is 9.89. The van der Waals surface area contributed by atoms with E-state index < -0.39 is 0 Å². The summed E-state index contributed by atoms with van der Waals surface area (Å²) in [7, 11) is 0. The lowest BCUT2D eigenvalue weighted by Crippen LogP contribution is -1.97. The van der Waals surface area contributed by atoms with Crippen molar-refractivity contribution in [2.24, 2.45) is 0 Å². The van der Waals surface area contributed by atoms with Crippen molar-refractivity contribution >= 4 is 16.6 Å². The molecule has 2 aromatic carbocycles. The SMILES string of the molecule is Cc1cccc(-n2ncc3c(F)cc(N)cc32)c1. The minimum Gasteiger partial charge on any atom is -0.399 e. The number of aromatic nitrogens is 2. The Morgan fingerprint density at radius 3 is 2.83 bits per heavy atom. The van der Waals surface area contributed by atoms with Crippen LogP contribution in [0.4, 0.5) is 10.1 Å². The Morgan fingerprint density at radius 1 is 1.22 bits per heavy atom. The fraction of sp³-hybridized carbons (Fsp3) is 0.0714. The minimum absolute atomic E-state index is 0.344. The third-order valence-electron chi connectivity index (χ3n) is 2.91. The maximum atomic E-state index is 13.7. The van der Waals surface area contributed by atoms with Gasteiger partial charge in [-0.3, -0.25) is 0 Å². The highest BCUT2D eigenvalue weighted by Gasteiger charge is 2.09. The molecule has 0 radical (unpaired) electrons. The summed E-state index contributed by atoms with van der Waals surface area (Å²) in [5.41, 5.74) is 8.78. The van der Waals surface area contributed by atoms with Crippen LogP contribution in [0, 0.1) is 12.7 Å². The third-order valence-corrected chi connectivity index (χ3v) is 2.91. The van der Waals surface area contributed by atoms with Crippen LogP contribution in [0.3, 0.4) is 0 Å². The van der Waals surface area contributed by atoms with E-state index in [4.69, 9.17) is 5.73 Å². The Labute approximate surface area is 104 Å². The van der Waals surface area contributed by atoms with E-state index in [0.717, 1.165) is 11.3 Å². The van der Waals surface area contributed by atoms with Crippen LogP contribution in [0.2, 0.25) is 0 Å². The van der Waals surface area contributed by atoms with Crippen molar-refractivity contribution in [3.05, 3.63) is 54.0 Å². The highest BCUT2D eigenvalue weighted by molar-refractivity contribution is 5.84. The number of benzene rings is 2. The van der Waals surface area contributed by atoms with Crippen molar-refractivity contribution in [1.82, 2.24) is 9.78 Å². The average molecular weight is 241 g/mol. The largest absolute Gasteiger partial charge is 0.399 e. The van der Waals surface area contributed by atoms with Gasteiger partial charge in [0.05, 0.1) is 22.8 Å². The van der Waals surface area contributed by atoms with Gasteiger partial charge in [-0.15, -0.1) is 0 Å². The van der Waals surface area contributed by atoms with Gasteiger partial charge in [0.2, 0.25) is 0 Å². The smallest absolute Gasteiger partial charge is 0.136 e. The molecule has 1 aromatic heterocycles. The summed E-state index contributed by atoms with van der Waals surface area (Å²) < 4.78 is 15.4. The zero-order valence-corrected chi connectivity index (χ0v) is 9.89. The summed E-state index contributed by atoms with van der Waals surface area (Å²) in [6, 6.07) is 10.9. The molecule has 4 heteroatoms. The number of fused-ring (bicyclic) bond motifs is 1. The van der Waals surface area contributed by atoms with Gasteiger partial charge in [0.1, 0.15) is 5.82 Å². The van der Waals surface area contributed by atoms with Crippen LogP contribution < -0.4 is 5.73 Å². The Balaban J connectivity index is 2.30. The van der Waals surface area contributed by atoms with Crippen molar-refractivity contribution in [2.45, 2.75) is 6.92 Å². The number of nitrogens with zero attached hydrogens (tertiary/aromatic N) is 2. The van der Waals surface area contributed by atoms with Crippen LogP contribution in [0.25, 0.3) is 16.6 Å². The van der Waals surface area contributed by atoms with E-state index in [0.29, 0.717) is 16.6 Å². The summed E-state index contributed by atoms with van der Waals surface area (Å²) in [5.74, 6) is -0.344. The van der Waals surface area contributed by atoms with Crippen LogP contribution in [-0.2, 0) is 0 Å². The van der Waals surface area contributed by atoms with Crippen LogP contribution >= 0.6 is 0 Å². The molecule has 0 unspecified atom stereocenters. The monoisotopic (exact) mass is 241 g/mol. The van der Waals surface area contributed by atoms with Crippen LogP contribution in [-0.4, -0.2) is 9.78 Å². The van der Waals surface area contributed by atoms with E-state index in [9.17, 15) is 4.39 Å². The average Bonchev–Trinajstić information content (AvgIpc) is 2.72. The van der Waals surface area contributed by atoms with Gasteiger partial charge in [0, 0.05) is 5.69 Å². The van der Waals surface area contributed by atoms with Gasteiger partial charge in [-0.05, 0) is 36.8 Å². The predicted molar refractivity (Wildman–Crippen MR) is 70.2 cm³/mol. The first-order chi connectivity index (χ1) is 8.65. The fourth-order valence-electron chi connectivity index (χ4n) is 2.07. The van der Waals surface area contributed by atoms with E-state index >= 15 is 0 Å². The lowest BCUT2D eigenvalue weighted by molar-refractivity contribution is 0.640. The first-order valence-electron chi connectivity index (χ1n) is 5.65. The normalized spacial score (nSPS) is 11.0. The Hall–Kier alpha value is -2.36. The maximum absolute atomic E-state index is 13.7. The fourth-order valence-corrected chi connectivity index (χ4v) is 2.07. The molecule has 0 bridgehead atoms. The van der Waals surface area contributed by atoms with Crippen molar-refractivity contribution in [2.75, 3.05) is 5.73 Å². The summed E-state index contributed by atoms with van der Waals surface area (Å²) in [6.07, 6.45) is 1.52. The highest BCUT2D eigenvalue weighted by atomic mass is 19.1. The lowest BCUT2D eigenvalue weighted by atomic mass is 10.2. The van der Waals surface area contributed by atoms with Gasteiger partial charge in [0.15, 0.2) is 0 Å². The van der Waals surface area contributed by atoms with Gasteiger partial charge in [-0.1, -0.05) is 12.1 Å². The Bertz CT molecular complexity index is 731. The number of aryl methyl sites for hydroxylation is 1. The number of halogens is 1.